The molecule has 1 fully saturated rings. The molecule has 2 rings (SSSR count). The molecule has 0 atom stereocenters. The number of carboxylic acids is 1. The van der Waals surface area contributed by atoms with Gasteiger partial charge < -0.3 is 15.2 Å². The second kappa shape index (κ2) is 8.84. The normalized spacial score (nSPS) is 16.5. The molecule has 1 saturated heterocycles. The van der Waals surface area contributed by atoms with Crippen molar-refractivity contribution in [1.82, 2.24) is 4.98 Å². The second-order valence-electron chi connectivity index (χ2n) is 5.09. The maximum absolute atomic E-state index is 14.3. The van der Waals surface area contributed by atoms with Crippen molar-refractivity contribution in [2.24, 2.45) is 0 Å². The molecule has 0 bridgehead atoms. The van der Waals surface area contributed by atoms with Gasteiger partial charge in [-0.05, 0) is 12.1 Å². The van der Waals surface area contributed by atoms with Crippen LogP contribution in [-0.4, -0.2) is 41.6 Å². The Hall–Kier alpha value is -1.86. The number of piperidine rings is 1. The lowest BCUT2D eigenvalue weighted by molar-refractivity contribution is -0.666. The number of nitriles is 1. The first kappa shape index (κ1) is 20.2. The van der Waals surface area contributed by atoms with Gasteiger partial charge in [0.25, 0.3) is 0 Å². The van der Waals surface area contributed by atoms with E-state index in [1.165, 1.54) is 18.0 Å². The molecule has 1 aromatic rings. The van der Waals surface area contributed by atoms with Crippen LogP contribution in [0.3, 0.4) is 0 Å². The van der Waals surface area contributed by atoms with E-state index < -0.39 is 17.8 Å². The van der Waals surface area contributed by atoms with Crippen LogP contribution in [0, 0.1) is 11.3 Å². The van der Waals surface area contributed by atoms with Crippen molar-refractivity contribution in [3.63, 3.8) is 0 Å². The Morgan fingerprint density at radius 2 is 2.00 bits per heavy atom. The molecule has 0 radical (unpaired) electrons. The number of alkyl halides is 4. The minimum absolute atomic E-state index is 0.458. The zero-order valence-corrected chi connectivity index (χ0v) is 13.3. The summed E-state index contributed by atoms with van der Waals surface area (Å²) in [7, 11) is 0. The number of aliphatic carboxylic acids is 1. The molecule has 1 aromatic heterocycles. The summed E-state index contributed by atoms with van der Waals surface area (Å²) in [6.07, 6.45) is -2.42. The van der Waals surface area contributed by atoms with Crippen molar-refractivity contribution in [3.05, 3.63) is 23.9 Å². The Morgan fingerprint density at radius 1 is 1.42 bits per heavy atom. The van der Waals surface area contributed by atoms with E-state index in [9.17, 15) is 17.6 Å². The van der Waals surface area contributed by atoms with Gasteiger partial charge in [-0.3, -0.25) is 0 Å². The number of hydrogen-bond acceptors (Lipinski definition) is 5. The van der Waals surface area contributed by atoms with Crippen LogP contribution in [0.2, 0.25) is 0 Å². The number of rotatable bonds is 3. The van der Waals surface area contributed by atoms with Crippen molar-refractivity contribution in [2.75, 3.05) is 18.8 Å². The monoisotopic (exact) mass is 365 g/mol. The van der Waals surface area contributed by atoms with E-state index in [2.05, 4.69) is 10.3 Å². The lowest BCUT2D eigenvalue weighted by Crippen LogP contribution is -2.87. The van der Waals surface area contributed by atoms with Gasteiger partial charge in [0.1, 0.15) is 17.7 Å². The van der Waals surface area contributed by atoms with Gasteiger partial charge in [-0.2, -0.15) is 18.4 Å². The minimum Gasteiger partial charge on any atom is -0.542 e. The summed E-state index contributed by atoms with van der Waals surface area (Å²) in [6.45, 7) is 1.75. The molecular weight excluding hydrogens is 350 g/mol. The third kappa shape index (κ3) is 7.14. The van der Waals surface area contributed by atoms with Gasteiger partial charge >= 0.3 is 6.18 Å². The number of hydrogen-bond donors (Lipinski definition) is 1. The number of thioether (sulfide) groups is 1. The number of quaternary nitrogens is 1. The topological polar surface area (TPSA) is 93.4 Å². The van der Waals surface area contributed by atoms with Gasteiger partial charge in [0.05, 0.1) is 23.7 Å². The molecule has 0 aromatic carbocycles. The molecule has 0 amide bonds. The van der Waals surface area contributed by atoms with E-state index >= 15 is 0 Å². The van der Waals surface area contributed by atoms with Gasteiger partial charge in [-0.1, -0.05) is 0 Å². The predicted molar refractivity (Wildman–Crippen MR) is 75.5 cm³/mol. The average molecular weight is 365 g/mol. The Kier molecular flexibility index (Phi) is 7.44. The summed E-state index contributed by atoms with van der Waals surface area (Å²) in [4.78, 5) is 12.9. The number of halogens is 4. The summed E-state index contributed by atoms with van der Waals surface area (Å²) in [5, 5.41) is 20.4. The van der Waals surface area contributed by atoms with E-state index in [4.69, 9.17) is 15.2 Å². The molecule has 1 aliphatic rings. The molecule has 0 aliphatic carbocycles. The first-order chi connectivity index (χ1) is 11.2. The van der Waals surface area contributed by atoms with Gasteiger partial charge in [0.2, 0.25) is 0 Å². The van der Waals surface area contributed by atoms with Crippen LogP contribution in [-0.2, 0) is 4.79 Å². The summed E-state index contributed by atoms with van der Waals surface area (Å²) in [5.41, 5.74) is -0.508. The van der Waals surface area contributed by atoms with Crippen molar-refractivity contribution < 1.29 is 32.8 Å². The highest BCUT2D eigenvalue weighted by atomic mass is 32.2. The molecule has 132 valence electrons. The van der Waals surface area contributed by atoms with Gasteiger partial charge in [0, 0.05) is 24.8 Å². The van der Waals surface area contributed by atoms with E-state index in [1.54, 1.807) is 12.1 Å². The molecule has 24 heavy (non-hydrogen) atoms. The van der Waals surface area contributed by atoms with E-state index in [0.29, 0.717) is 24.2 Å². The third-order valence-corrected chi connectivity index (χ3v) is 4.37. The van der Waals surface area contributed by atoms with Crippen LogP contribution in [0.5, 0.6) is 0 Å². The Balaban J connectivity index is 0.000000351. The molecule has 1 aliphatic heterocycles. The first-order valence-corrected chi connectivity index (χ1v) is 7.92. The zero-order valence-electron chi connectivity index (χ0n) is 12.5. The van der Waals surface area contributed by atoms with Gasteiger partial charge in [-0.25, -0.2) is 9.37 Å². The number of carboxylic acid groups (broad SMARTS) is 1. The molecule has 5 nitrogen and oxygen atoms in total. The summed E-state index contributed by atoms with van der Waals surface area (Å²) >= 11 is 1.44. The first-order valence-electron chi connectivity index (χ1n) is 6.94. The van der Waals surface area contributed by atoms with E-state index in [0.717, 1.165) is 18.1 Å². The fourth-order valence-electron chi connectivity index (χ4n) is 1.87. The fourth-order valence-corrected chi connectivity index (χ4v) is 2.86. The number of aromatic nitrogens is 1. The highest BCUT2D eigenvalue weighted by molar-refractivity contribution is 7.99. The van der Waals surface area contributed by atoms with Gasteiger partial charge in [-0.15, -0.1) is 11.8 Å². The average Bonchev–Trinajstić information content (AvgIpc) is 2.54. The molecule has 10 heteroatoms. The second-order valence-corrected chi connectivity index (χ2v) is 6.08. The number of nitrogens with zero attached hydrogens (tertiary/aromatic N) is 2. The van der Waals surface area contributed by atoms with E-state index in [1.807, 2.05) is 6.07 Å². The molecule has 2 N–H and O–H groups in total. The zero-order chi connectivity index (χ0) is 18.2. The Morgan fingerprint density at radius 3 is 2.42 bits per heavy atom. The minimum atomic E-state index is -5.19. The highest BCUT2D eigenvalue weighted by Gasteiger charge is 2.33. The molecule has 2 heterocycles. The fraction of sp³-hybridized carbons (Fsp3) is 0.500. The standard InChI is InChI=1S/C12H14FN3S.C2HF3O2/c13-12(3-5-15-6-4-12)9-17-11-2-1-10(7-14)8-16-11;3-2(4,5)1(6)7/h1-2,8,15H,3-6,9H2;(H,6,7). The van der Waals surface area contributed by atoms with Crippen molar-refractivity contribution >= 4 is 17.7 Å². The Labute approximate surface area is 140 Å². The maximum atomic E-state index is 14.3. The molecule has 0 spiro atoms. The lowest BCUT2D eigenvalue weighted by atomic mass is 9.97. The van der Waals surface area contributed by atoms with Crippen LogP contribution in [0.25, 0.3) is 0 Å². The number of pyridine rings is 1. The molecular formula is C14H15F4N3O2S. The van der Waals surface area contributed by atoms with Crippen molar-refractivity contribution in [3.8, 4) is 6.07 Å². The number of carbonyl (C=O) groups excluding carboxylic acids is 1. The van der Waals surface area contributed by atoms with Crippen molar-refractivity contribution in [2.45, 2.75) is 29.7 Å². The molecule has 0 unspecified atom stereocenters. The largest absolute Gasteiger partial charge is 0.542 e. The van der Waals surface area contributed by atoms with Crippen LogP contribution >= 0.6 is 11.8 Å². The number of nitrogens with two attached hydrogens (primary N) is 1. The van der Waals surface area contributed by atoms with Crippen LogP contribution in [0.1, 0.15) is 18.4 Å². The van der Waals surface area contributed by atoms with Crippen LogP contribution < -0.4 is 10.4 Å². The number of carbonyl (C=O) groups is 1. The van der Waals surface area contributed by atoms with Crippen LogP contribution in [0.15, 0.2) is 23.4 Å². The SMILES string of the molecule is N#Cc1ccc(SCC2(F)CC[NH2+]CC2)nc1.O=C([O-])C(F)(F)F. The summed E-state index contributed by atoms with van der Waals surface area (Å²) in [6, 6.07) is 5.51. The van der Waals surface area contributed by atoms with Crippen molar-refractivity contribution in [1.29, 1.82) is 5.26 Å². The Bertz CT molecular complexity index is 581. The highest BCUT2D eigenvalue weighted by Crippen LogP contribution is 2.29. The summed E-state index contributed by atoms with van der Waals surface area (Å²) < 4.78 is 45.8. The smallest absolute Gasteiger partial charge is 0.430 e. The lowest BCUT2D eigenvalue weighted by Gasteiger charge is -2.27. The summed E-state index contributed by atoms with van der Waals surface area (Å²) in [5.74, 6) is -2.55. The van der Waals surface area contributed by atoms with Crippen LogP contribution in [0.4, 0.5) is 17.6 Å². The molecule has 0 saturated carbocycles. The van der Waals surface area contributed by atoms with E-state index in [-0.39, 0.29) is 0 Å². The quantitative estimate of drug-likeness (QED) is 0.619. The van der Waals surface area contributed by atoms with Gasteiger partial charge in [0.15, 0.2) is 0 Å². The third-order valence-electron chi connectivity index (χ3n) is 3.17. The predicted octanol–water partition coefficient (Wildman–Crippen LogP) is 0.409. The maximum Gasteiger partial charge on any atom is 0.430 e.